The van der Waals surface area contributed by atoms with Crippen LogP contribution in [0.4, 0.5) is 13.2 Å². The van der Waals surface area contributed by atoms with Gasteiger partial charge in [0.1, 0.15) is 10.1 Å². The lowest BCUT2D eigenvalue weighted by molar-refractivity contribution is -0.150. The maximum atomic E-state index is 13.6. The van der Waals surface area contributed by atoms with Crippen LogP contribution < -0.4 is 11.2 Å². The van der Waals surface area contributed by atoms with E-state index >= 15 is 0 Å². The first-order chi connectivity index (χ1) is 22.2. The molecule has 15 nitrogen and oxygen atoms in total. The standard InChI is InChI=1S/C27H30F3N6O9P2/c1-4-9-35-25(38)22-24(34(5-2)26(35)39)32-23(36(22)15-43-21(37)10-17(3)44-16-46(40)45-47(41)42)19-12-31-33(14-19)13-18-7-6-8-20(11-18)27(28,29)30/h6-8,11-12,14,17H,4-5,9-10,13,15-16H2,1-3H3/q+1/p+1. The Bertz CT molecular complexity index is 1920. The number of carbonyl (C=O) groups is 1. The highest BCUT2D eigenvalue weighted by molar-refractivity contribution is 7.50. The molecule has 3 heterocycles. The van der Waals surface area contributed by atoms with Crippen molar-refractivity contribution < 1.29 is 45.8 Å². The van der Waals surface area contributed by atoms with Gasteiger partial charge in [0.05, 0.1) is 36.4 Å². The van der Waals surface area contributed by atoms with E-state index in [1.54, 1.807) is 13.8 Å². The Hall–Kier alpha value is -4.08. The molecule has 0 bridgehead atoms. The molecule has 3 unspecified atom stereocenters. The van der Waals surface area contributed by atoms with Crippen LogP contribution >= 0.6 is 16.3 Å². The van der Waals surface area contributed by atoms with Gasteiger partial charge in [-0.2, -0.15) is 18.3 Å². The molecule has 20 heteroatoms. The molecule has 0 aliphatic rings. The molecule has 0 fully saturated rings. The van der Waals surface area contributed by atoms with Crippen molar-refractivity contribution in [1.29, 1.82) is 0 Å². The summed E-state index contributed by atoms with van der Waals surface area (Å²) in [6.45, 7) is 4.71. The number of halogens is 3. The normalized spacial score (nSPS) is 13.2. The zero-order chi connectivity index (χ0) is 34.5. The molecule has 0 spiro atoms. The average molecular weight is 703 g/mol. The van der Waals surface area contributed by atoms with E-state index in [0.29, 0.717) is 17.5 Å². The van der Waals surface area contributed by atoms with E-state index < -0.39 is 64.4 Å². The second-order valence-electron chi connectivity index (χ2n) is 10.3. The highest BCUT2D eigenvalue weighted by Crippen LogP contribution is 2.35. The monoisotopic (exact) mass is 702 g/mol. The third kappa shape index (κ3) is 8.64. The van der Waals surface area contributed by atoms with Gasteiger partial charge in [0.15, 0.2) is 17.9 Å². The fourth-order valence-electron chi connectivity index (χ4n) is 4.72. The predicted molar refractivity (Wildman–Crippen MR) is 161 cm³/mol. The molecule has 0 radical (unpaired) electrons. The van der Waals surface area contributed by atoms with E-state index in [2.05, 4.69) is 14.4 Å². The summed E-state index contributed by atoms with van der Waals surface area (Å²) in [6, 6.07) is 4.78. The van der Waals surface area contributed by atoms with Crippen molar-refractivity contribution in [3.8, 4) is 11.4 Å². The third-order valence-electron chi connectivity index (χ3n) is 6.80. The SMILES string of the molecule is CCCn1c(=O)c2c(nc(-c3cnn(Cc4cccc(C(F)(F)F)c4)c3)n2COC(=O)CC(C)OC[P+](=O)O[P+](=O)O)n(CC)c1=O. The topological polar surface area (TPSA) is 179 Å². The first kappa shape index (κ1) is 35.8. The number of fused-ring (bicyclic) bond motifs is 1. The molecule has 1 aromatic carbocycles. The number of rotatable bonds is 15. The molecule has 47 heavy (non-hydrogen) atoms. The third-order valence-corrected chi connectivity index (χ3v) is 8.45. The Labute approximate surface area is 266 Å². The Morgan fingerprint density at radius 3 is 2.53 bits per heavy atom. The number of nitrogens with zero attached hydrogens (tertiary/aromatic N) is 6. The molecule has 0 aliphatic heterocycles. The molecule has 4 aromatic rings. The number of hydrogen-bond acceptors (Lipinski definition) is 10. The van der Waals surface area contributed by atoms with Gasteiger partial charge >= 0.3 is 34.1 Å². The number of alkyl halides is 3. The number of esters is 1. The summed E-state index contributed by atoms with van der Waals surface area (Å²) in [7, 11) is -5.69. The number of ether oxygens (including phenoxy) is 2. The number of aromatic nitrogens is 6. The van der Waals surface area contributed by atoms with Gasteiger partial charge in [0, 0.05) is 23.9 Å². The number of aryl methyl sites for hydroxylation is 1. The number of hydrogen-bond donors (Lipinski definition) is 1. The average Bonchev–Trinajstić information content (AvgIpc) is 3.61. The van der Waals surface area contributed by atoms with Crippen LogP contribution in [0.15, 0.2) is 46.2 Å². The number of carbonyl (C=O) groups excluding carboxylic acids is 1. The molecule has 0 saturated heterocycles. The summed E-state index contributed by atoms with van der Waals surface area (Å²) >= 11 is 0. The van der Waals surface area contributed by atoms with E-state index in [1.165, 1.54) is 45.3 Å². The van der Waals surface area contributed by atoms with Crippen LogP contribution in [0.1, 0.15) is 44.7 Å². The first-order valence-electron chi connectivity index (χ1n) is 14.2. The van der Waals surface area contributed by atoms with Gasteiger partial charge in [-0.3, -0.25) is 28.0 Å². The lowest BCUT2D eigenvalue weighted by atomic mass is 10.1. The zero-order valence-electron chi connectivity index (χ0n) is 25.4. The highest BCUT2D eigenvalue weighted by atomic mass is 31.2. The summed E-state index contributed by atoms with van der Waals surface area (Å²) < 4.78 is 81.9. The maximum absolute atomic E-state index is 13.6. The smallest absolute Gasteiger partial charge is 0.444 e. The fraction of sp³-hybridized carbons (Fsp3) is 0.444. The van der Waals surface area contributed by atoms with Crippen molar-refractivity contribution in [1.82, 2.24) is 28.5 Å². The van der Waals surface area contributed by atoms with Gasteiger partial charge in [-0.25, -0.2) is 9.78 Å². The summed E-state index contributed by atoms with van der Waals surface area (Å²) in [4.78, 5) is 52.7. The fourth-order valence-corrected chi connectivity index (χ4v) is 5.91. The van der Waals surface area contributed by atoms with Crippen LogP contribution in [0.3, 0.4) is 0 Å². The maximum Gasteiger partial charge on any atom is 0.742 e. The molecule has 0 aliphatic carbocycles. The number of benzene rings is 1. The summed E-state index contributed by atoms with van der Waals surface area (Å²) in [5.41, 5.74) is -1.38. The van der Waals surface area contributed by atoms with Gasteiger partial charge in [0.2, 0.25) is 0 Å². The highest BCUT2D eigenvalue weighted by Gasteiger charge is 2.34. The van der Waals surface area contributed by atoms with Gasteiger partial charge in [-0.15, -0.1) is 4.89 Å². The molecule has 0 amide bonds. The minimum Gasteiger partial charge on any atom is -0.444 e. The molecule has 4 rings (SSSR count). The molecular formula is C27H31F3N6O9P2+2. The quantitative estimate of drug-likeness (QED) is 0.137. The lowest BCUT2D eigenvalue weighted by Gasteiger charge is -2.13. The minimum atomic E-state index is -4.52. The second-order valence-corrected chi connectivity index (χ2v) is 12.3. The Morgan fingerprint density at radius 2 is 1.87 bits per heavy atom. The van der Waals surface area contributed by atoms with Crippen molar-refractivity contribution in [2.75, 3.05) is 6.35 Å². The van der Waals surface area contributed by atoms with Crippen molar-refractivity contribution in [3.63, 3.8) is 0 Å². The van der Waals surface area contributed by atoms with E-state index in [0.717, 1.165) is 16.7 Å². The van der Waals surface area contributed by atoms with Crippen LogP contribution in [0, 0.1) is 0 Å². The van der Waals surface area contributed by atoms with Crippen LogP contribution in [0.5, 0.6) is 0 Å². The van der Waals surface area contributed by atoms with Gasteiger partial charge in [-0.1, -0.05) is 19.1 Å². The van der Waals surface area contributed by atoms with Crippen LogP contribution in [-0.2, 0) is 60.3 Å². The van der Waals surface area contributed by atoms with Gasteiger partial charge < -0.3 is 9.47 Å². The largest absolute Gasteiger partial charge is 0.742 e. The van der Waals surface area contributed by atoms with Gasteiger partial charge in [0.25, 0.3) is 11.9 Å². The predicted octanol–water partition coefficient (Wildman–Crippen LogP) is 4.38. The molecule has 0 saturated carbocycles. The van der Waals surface area contributed by atoms with Crippen molar-refractivity contribution in [2.45, 2.75) is 72.3 Å². The first-order valence-corrected chi connectivity index (χ1v) is 16.7. The molecule has 252 valence electrons. The van der Waals surface area contributed by atoms with E-state index in [-0.39, 0.29) is 43.0 Å². The summed E-state index contributed by atoms with van der Waals surface area (Å²) in [5.74, 6) is -0.680. The Kier molecular flexibility index (Phi) is 11.6. The molecule has 3 atom stereocenters. The Balaban J connectivity index is 1.67. The second kappa shape index (κ2) is 15.2. The zero-order valence-corrected chi connectivity index (χ0v) is 27.2. The molecule has 1 N–H and O–H groups in total. The summed E-state index contributed by atoms with van der Waals surface area (Å²) in [6.07, 6.45) is -2.87. The van der Waals surface area contributed by atoms with Crippen LogP contribution in [-0.4, -0.2) is 51.8 Å². The van der Waals surface area contributed by atoms with Crippen LogP contribution in [0.2, 0.25) is 0 Å². The minimum absolute atomic E-state index is 0.0224. The van der Waals surface area contributed by atoms with Crippen LogP contribution in [0.25, 0.3) is 22.6 Å². The van der Waals surface area contributed by atoms with Gasteiger partial charge in [-0.05, 0) is 42.5 Å². The Morgan fingerprint density at radius 1 is 1.13 bits per heavy atom. The van der Waals surface area contributed by atoms with Crippen molar-refractivity contribution >= 4 is 33.4 Å². The van der Waals surface area contributed by atoms with E-state index in [4.69, 9.17) is 14.4 Å². The molecular weight excluding hydrogens is 671 g/mol. The van der Waals surface area contributed by atoms with E-state index in [9.17, 15) is 36.7 Å². The van der Waals surface area contributed by atoms with Crippen molar-refractivity contribution in [2.24, 2.45) is 0 Å². The number of imidazole rings is 1. The van der Waals surface area contributed by atoms with E-state index in [1.807, 2.05) is 0 Å². The molecule has 3 aromatic heterocycles. The van der Waals surface area contributed by atoms with Crippen molar-refractivity contribution in [3.05, 3.63) is 68.6 Å². The lowest BCUT2D eigenvalue weighted by Crippen LogP contribution is -2.40. The summed E-state index contributed by atoms with van der Waals surface area (Å²) in [5, 5.41) is 4.25.